The van der Waals surface area contributed by atoms with Crippen molar-refractivity contribution in [1.82, 2.24) is 0 Å². The first-order valence-electron chi connectivity index (χ1n) is 19.1. The molecule has 2 nitrogen and oxygen atoms in total. The molecule has 0 amide bonds. The summed E-state index contributed by atoms with van der Waals surface area (Å²) in [5, 5.41) is 6.97. The highest BCUT2D eigenvalue weighted by molar-refractivity contribution is 6.33. The van der Waals surface area contributed by atoms with Crippen molar-refractivity contribution in [3.8, 4) is 33.4 Å². The second kappa shape index (κ2) is 12.1. The van der Waals surface area contributed by atoms with Gasteiger partial charge in [0.25, 0.3) is 0 Å². The van der Waals surface area contributed by atoms with Crippen LogP contribution in [0.5, 0.6) is 0 Å². The zero-order valence-electron chi connectivity index (χ0n) is 30.8. The molecule has 0 unspecified atom stereocenters. The average molecular weight is 704 g/mol. The maximum absolute atomic E-state index is 7.03. The summed E-state index contributed by atoms with van der Waals surface area (Å²) < 4.78 is 7.03. The first-order valence-corrected chi connectivity index (χ1v) is 19.1. The third kappa shape index (κ3) is 4.74. The van der Waals surface area contributed by atoms with Gasteiger partial charge in [0.1, 0.15) is 11.2 Å². The summed E-state index contributed by atoms with van der Waals surface area (Å²) in [6, 6.07) is 68.3. The van der Waals surface area contributed by atoms with Crippen molar-refractivity contribution in [3.05, 3.63) is 199 Å². The highest BCUT2D eigenvalue weighted by Crippen LogP contribution is 2.54. The normalized spacial score (nSPS) is 13.1. The highest BCUT2D eigenvalue weighted by atomic mass is 16.3. The molecule has 11 rings (SSSR count). The number of anilines is 3. The molecule has 10 aromatic rings. The maximum Gasteiger partial charge on any atom is 0.143 e. The van der Waals surface area contributed by atoms with Crippen molar-refractivity contribution in [2.24, 2.45) is 0 Å². The number of hydrogen-bond acceptors (Lipinski definition) is 2. The molecule has 55 heavy (non-hydrogen) atoms. The SMILES string of the molecule is CC1(C)c2ccccc2-c2ccc(N(c3ccc(-c4ccccc4)cc3)c3c(-c4ccccc4)ccc4oc5c6ccccc6c6ccccc6c5c34)cc21. The summed E-state index contributed by atoms with van der Waals surface area (Å²) in [5.74, 6) is 0. The number of fused-ring (bicyclic) bond motifs is 11. The minimum Gasteiger partial charge on any atom is -0.455 e. The molecule has 0 N–H and O–H groups in total. The van der Waals surface area contributed by atoms with E-state index < -0.39 is 0 Å². The molecule has 0 bridgehead atoms. The fraction of sp³-hybridized carbons (Fsp3) is 0.0566. The number of nitrogens with zero attached hydrogens (tertiary/aromatic N) is 1. The van der Waals surface area contributed by atoms with E-state index in [1.807, 2.05) is 0 Å². The van der Waals surface area contributed by atoms with Crippen LogP contribution >= 0.6 is 0 Å². The second-order valence-corrected chi connectivity index (χ2v) is 15.2. The highest BCUT2D eigenvalue weighted by Gasteiger charge is 2.36. The summed E-state index contributed by atoms with van der Waals surface area (Å²) >= 11 is 0. The van der Waals surface area contributed by atoms with E-state index in [0.717, 1.165) is 55.5 Å². The van der Waals surface area contributed by atoms with Gasteiger partial charge in [-0.2, -0.15) is 0 Å². The first kappa shape index (κ1) is 31.6. The Labute approximate surface area is 320 Å². The Hall–Kier alpha value is -6.90. The molecule has 0 atom stereocenters. The van der Waals surface area contributed by atoms with E-state index in [0.29, 0.717) is 0 Å². The van der Waals surface area contributed by atoms with Gasteiger partial charge in [-0.1, -0.05) is 166 Å². The standard InChI is InChI=1S/C53H37NO/c1-53(2)46-24-14-13-21-42(46)43-30-29-38(33-47(43)53)54(37-27-25-35(26-28-37)34-15-5-3-6-16-34)51-39(36-17-7-4-8-18-36)31-32-48-50(51)49-44-22-11-9-19-40(44)41-20-10-12-23-45(41)52(49)55-48/h3-33H,1-2H3. The van der Waals surface area contributed by atoms with Crippen molar-refractivity contribution in [1.29, 1.82) is 0 Å². The van der Waals surface area contributed by atoms with E-state index in [2.05, 4.69) is 207 Å². The van der Waals surface area contributed by atoms with Crippen LogP contribution in [0.4, 0.5) is 17.1 Å². The van der Waals surface area contributed by atoms with Crippen LogP contribution in [-0.4, -0.2) is 0 Å². The lowest BCUT2D eigenvalue weighted by atomic mass is 9.82. The average Bonchev–Trinajstić information content (AvgIpc) is 3.75. The molecule has 1 heterocycles. The van der Waals surface area contributed by atoms with Crippen molar-refractivity contribution < 1.29 is 4.42 Å². The molecular weight excluding hydrogens is 667 g/mol. The number of benzene rings is 9. The van der Waals surface area contributed by atoms with Crippen LogP contribution in [0, 0.1) is 0 Å². The fourth-order valence-electron chi connectivity index (χ4n) is 9.23. The molecule has 9 aromatic carbocycles. The quantitative estimate of drug-likeness (QED) is 0.166. The van der Waals surface area contributed by atoms with Gasteiger partial charge in [0.2, 0.25) is 0 Å². The molecule has 1 aliphatic carbocycles. The van der Waals surface area contributed by atoms with Crippen molar-refractivity contribution in [3.63, 3.8) is 0 Å². The van der Waals surface area contributed by atoms with E-state index in [-0.39, 0.29) is 5.41 Å². The van der Waals surface area contributed by atoms with Crippen molar-refractivity contribution >= 4 is 60.5 Å². The molecule has 260 valence electrons. The van der Waals surface area contributed by atoms with Gasteiger partial charge in [0.05, 0.1) is 11.1 Å². The summed E-state index contributed by atoms with van der Waals surface area (Å²) in [7, 11) is 0. The lowest BCUT2D eigenvalue weighted by Crippen LogP contribution is -2.17. The smallest absolute Gasteiger partial charge is 0.143 e. The van der Waals surface area contributed by atoms with Crippen LogP contribution < -0.4 is 4.90 Å². The van der Waals surface area contributed by atoms with Crippen LogP contribution in [0.3, 0.4) is 0 Å². The van der Waals surface area contributed by atoms with Gasteiger partial charge >= 0.3 is 0 Å². The molecule has 0 saturated carbocycles. The monoisotopic (exact) mass is 703 g/mol. The van der Waals surface area contributed by atoms with E-state index in [1.165, 1.54) is 49.5 Å². The lowest BCUT2D eigenvalue weighted by Gasteiger charge is -2.30. The van der Waals surface area contributed by atoms with Crippen LogP contribution in [-0.2, 0) is 5.41 Å². The molecular formula is C53H37NO. The number of furan rings is 1. The zero-order valence-corrected chi connectivity index (χ0v) is 30.8. The van der Waals surface area contributed by atoms with Gasteiger partial charge in [-0.05, 0) is 91.5 Å². The van der Waals surface area contributed by atoms with E-state index in [9.17, 15) is 0 Å². The van der Waals surface area contributed by atoms with E-state index >= 15 is 0 Å². The summed E-state index contributed by atoms with van der Waals surface area (Å²) in [6.07, 6.45) is 0. The Bertz CT molecular complexity index is 3100. The Morgan fingerprint density at radius 3 is 1.69 bits per heavy atom. The molecule has 0 radical (unpaired) electrons. The third-order valence-electron chi connectivity index (χ3n) is 11.9. The molecule has 0 fully saturated rings. The molecule has 1 aliphatic rings. The summed E-state index contributed by atoms with van der Waals surface area (Å²) in [6.45, 7) is 4.72. The van der Waals surface area contributed by atoms with Gasteiger partial charge in [-0.25, -0.2) is 0 Å². The summed E-state index contributed by atoms with van der Waals surface area (Å²) in [5.41, 5.74) is 14.9. The lowest BCUT2D eigenvalue weighted by molar-refractivity contribution is 0.660. The van der Waals surface area contributed by atoms with Gasteiger partial charge in [0, 0.05) is 33.1 Å². The predicted octanol–water partition coefficient (Wildman–Crippen LogP) is 15.0. The molecule has 1 aromatic heterocycles. The summed E-state index contributed by atoms with van der Waals surface area (Å²) in [4.78, 5) is 2.48. The van der Waals surface area contributed by atoms with Gasteiger partial charge in [0.15, 0.2) is 0 Å². The Morgan fingerprint density at radius 2 is 0.945 bits per heavy atom. The molecule has 0 spiro atoms. The van der Waals surface area contributed by atoms with Crippen LogP contribution in [0.15, 0.2) is 192 Å². The van der Waals surface area contributed by atoms with Crippen LogP contribution in [0.2, 0.25) is 0 Å². The largest absolute Gasteiger partial charge is 0.455 e. The molecule has 0 aliphatic heterocycles. The minimum absolute atomic E-state index is 0.156. The molecule has 0 saturated heterocycles. The Balaban J connectivity index is 1.27. The van der Waals surface area contributed by atoms with Gasteiger partial charge in [-0.15, -0.1) is 0 Å². The fourth-order valence-corrected chi connectivity index (χ4v) is 9.23. The second-order valence-electron chi connectivity index (χ2n) is 15.2. The van der Waals surface area contributed by atoms with Gasteiger partial charge < -0.3 is 9.32 Å². The number of rotatable bonds is 5. The third-order valence-corrected chi connectivity index (χ3v) is 11.9. The van der Waals surface area contributed by atoms with Gasteiger partial charge in [-0.3, -0.25) is 0 Å². The minimum atomic E-state index is -0.156. The Morgan fingerprint density at radius 1 is 0.400 bits per heavy atom. The van der Waals surface area contributed by atoms with Crippen LogP contribution in [0.1, 0.15) is 25.0 Å². The van der Waals surface area contributed by atoms with Crippen molar-refractivity contribution in [2.45, 2.75) is 19.3 Å². The van der Waals surface area contributed by atoms with Crippen LogP contribution in [0.25, 0.3) is 76.9 Å². The van der Waals surface area contributed by atoms with E-state index in [4.69, 9.17) is 4.42 Å². The topological polar surface area (TPSA) is 16.4 Å². The maximum atomic E-state index is 7.03. The first-order chi connectivity index (χ1) is 27.1. The Kier molecular flexibility index (Phi) is 6.93. The zero-order chi connectivity index (χ0) is 36.7. The van der Waals surface area contributed by atoms with Crippen molar-refractivity contribution in [2.75, 3.05) is 4.90 Å². The molecule has 2 heteroatoms. The predicted molar refractivity (Wildman–Crippen MR) is 232 cm³/mol. The number of hydrogen-bond donors (Lipinski definition) is 0. The van der Waals surface area contributed by atoms with E-state index in [1.54, 1.807) is 0 Å².